The number of hydrogen-bond donors (Lipinski definition) is 2. The first-order chi connectivity index (χ1) is 12.6. The van der Waals surface area contributed by atoms with Crippen LogP contribution in [0.1, 0.15) is 30.7 Å². The summed E-state index contributed by atoms with van der Waals surface area (Å²) in [5.74, 6) is 0.938. The smallest absolute Gasteiger partial charge is 0.126 e. The largest absolute Gasteiger partial charge is 0.368 e. The zero-order chi connectivity index (χ0) is 18.1. The zero-order valence-corrected chi connectivity index (χ0v) is 16.1. The van der Waals surface area contributed by atoms with E-state index in [1.54, 1.807) is 0 Å². The molecule has 3 heterocycles. The van der Waals surface area contributed by atoms with E-state index in [0.717, 1.165) is 43.3 Å². The molecule has 5 heteroatoms. The van der Waals surface area contributed by atoms with Gasteiger partial charge in [0.25, 0.3) is 0 Å². The van der Waals surface area contributed by atoms with Crippen LogP contribution in [0.2, 0.25) is 5.02 Å². The van der Waals surface area contributed by atoms with Crippen molar-refractivity contribution >= 4 is 28.3 Å². The minimum absolute atomic E-state index is 0.395. The second-order valence-corrected chi connectivity index (χ2v) is 7.70. The van der Waals surface area contributed by atoms with E-state index < -0.39 is 0 Å². The number of nitrogens with one attached hydrogen (secondary N) is 2. The standard InChI is InChI=1S/C21H25ClN4/c1-14(2)25-21-6-3-15(12-24-21)8-10-26-19-5-4-16(22)11-17(19)18-13-23-9-7-20(18)26/h3-6,11-12,14,23H,7-10,13H2,1-2H3,(H,24,25). The van der Waals surface area contributed by atoms with E-state index in [-0.39, 0.29) is 0 Å². The van der Waals surface area contributed by atoms with Crippen LogP contribution in [-0.4, -0.2) is 22.1 Å². The van der Waals surface area contributed by atoms with E-state index in [1.807, 2.05) is 12.3 Å². The second-order valence-electron chi connectivity index (χ2n) is 7.27. The molecule has 1 aromatic carbocycles. The minimum atomic E-state index is 0.395. The highest BCUT2D eigenvalue weighted by atomic mass is 35.5. The molecule has 0 aliphatic carbocycles. The van der Waals surface area contributed by atoms with Crippen molar-refractivity contribution in [2.75, 3.05) is 11.9 Å². The summed E-state index contributed by atoms with van der Waals surface area (Å²) < 4.78 is 2.47. The Bertz CT molecular complexity index is 912. The fraction of sp³-hybridized carbons (Fsp3) is 0.381. The molecule has 4 rings (SSSR count). The predicted octanol–water partition coefficient (Wildman–Crippen LogP) is 4.40. The Balaban J connectivity index is 1.59. The molecule has 0 saturated heterocycles. The molecular weight excluding hydrogens is 344 g/mol. The molecule has 2 aromatic heterocycles. The Morgan fingerprint density at radius 2 is 2.15 bits per heavy atom. The molecule has 1 aliphatic heterocycles. The number of fused-ring (bicyclic) bond motifs is 3. The van der Waals surface area contributed by atoms with Crippen LogP contribution in [0.3, 0.4) is 0 Å². The second kappa shape index (κ2) is 7.29. The minimum Gasteiger partial charge on any atom is -0.368 e. The molecule has 1 aliphatic rings. The number of nitrogens with zero attached hydrogens (tertiary/aromatic N) is 2. The highest BCUT2D eigenvalue weighted by Gasteiger charge is 2.19. The quantitative estimate of drug-likeness (QED) is 0.701. The first-order valence-corrected chi connectivity index (χ1v) is 9.71. The van der Waals surface area contributed by atoms with Crippen LogP contribution < -0.4 is 10.6 Å². The average molecular weight is 369 g/mol. The molecule has 26 heavy (non-hydrogen) atoms. The highest BCUT2D eigenvalue weighted by molar-refractivity contribution is 6.31. The van der Waals surface area contributed by atoms with Crippen molar-refractivity contribution in [3.63, 3.8) is 0 Å². The molecule has 0 saturated carbocycles. The fourth-order valence-electron chi connectivity index (χ4n) is 3.80. The lowest BCUT2D eigenvalue weighted by molar-refractivity contribution is 0.594. The summed E-state index contributed by atoms with van der Waals surface area (Å²) in [5.41, 5.74) is 5.40. The molecule has 0 bridgehead atoms. The van der Waals surface area contributed by atoms with Crippen molar-refractivity contribution in [2.45, 2.75) is 45.8 Å². The molecule has 136 valence electrons. The SMILES string of the molecule is CC(C)Nc1ccc(CCn2c3c(c4cc(Cl)ccc42)CNCC3)cn1. The lowest BCUT2D eigenvalue weighted by atomic mass is 10.1. The first-order valence-electron chi connectivity index (χ1n) is 9.33. The molecular formula is C21H25ClN4. The Labute approximate surface area is 159 Å². The van der Waals surface area contributed by atoms with Crippen LogP contribution in [0.5, 0.6) is 0 Å². The van der Waals surface area contributed by atoms with Gasteiger partial charge in [-0.3, -0.25) is 0 Å². The van der Waals surface area contributed by atoms with Gasteiger partial charge in [-0.1, -0.05) is 17.7 Å². The van der Waals surface area contributed by atoms with Gasteiger partial charge >= 0.3 is 0 Å². The maximum absolute atomic E-state index is 6.25. The maximum Gasteiger partial charge on any atom is 0.126 e. The third-order valence-electron chi connectivity index (χ3n) is 4.97. The van der Waals surface area contributed by atoms with Crippen LogP contribution in [0.4, 0.5) is 5.82 Å². The van der Waals surface area contributed by atoms with Gasteiger partial charge in [0, 0.05) is 59.9 Å². The van der Waals surface area contributed by atoms with Crippen molar-refractivity contribution < 1.29 is 0 Å². The average Bonchev–Trinajstić information content (AvgIpc) is 2.94. The Morgan fingerprint density at radius 1 is 1.27 bits per heavy atom. The summed E-state index contributed by atoms with van der Waals surface area (Å²) in [6, 6.07) is 10.9. The van der Waals surface area contributed by atoms with E-state index in [9.17, 15) is 0 Å². The summed E-state index contributed by atoms with van der Waals surface area (Å²) in [6.07, 6.45) is 4.03. The van der Waals surface area contributed by atoms with Crippen LogP contribution in [-0.2, 0) is 25.9 Å². The van der Waals surface area contributed by atoms with E-state index >= 15 is 0 Å². The Kier molecular flexibility index (Phi) is 4.88. The summed E-state index contributed by atoms with van der Waals surface area (Å²) in [4.78, 5) is 4.53. The van der Waals surface area contributed by atoms with E-state index in [2.05, 4.69) is 58.3 Å². The van der Waals surface area contributed by atoms with Gasteiger partial charge in [0.15, 0.2) is 0 Å². The van der Waals surface area contributed by atoms with E-state index in [4.69, 9.17) is 11.6 Å². The number of aromatic nitrogens is 2. The lowest BCUT2D eigenvalue weighted by Gasteiger charge is -2.17. The van der Waals surface area contributed by atoms with E-state index in [1.165, 1.54) is 27.7 Å². The van der Waals surface area contributed by atoms with Crippen LogP contribution in [0.25, 0.3) is 10.9 Å². The maximum atomic E-state index is 6.25. The van der Waals surface area contributed by atoms with Gasteiger partial charge in [0.05, 0.1) is 0 Å². The normalized spacial score (nSPS) is 14.0. The molecule has 2 N–H and O–H groups in total. The number of aryl methyl sites for hydroxylation is 2. The van der Waals surface area contributed by atoms with Gasteiger partial charge in [-0.15, -0.1) is 0 Å². The molecule has 0 radical (unpaired) electrons. The molecule has 0 spiro atoms. The predicted molar refractivity (Wildman–Crippen MR) is 109 cm³/mol. The van der Waals surface area contributed by atoms with Gasteiger partial charge in [-0.2, -0.15) is 0 Å². The fourth-order valence-corrected chi connectivity index (χ4v) is 3.97. The first kappa shape index (κ1) is 17.4. The molecule has 0 fully saturated rings. The third-order valence-corrected chi connectivity index (χ3v) is 5.21. The number of hydrogen-bond acceptors (Lipinski definition) is 3. The highest BCUT2D eigenvalue weighted by Crippen LogP contribution is 2.31. The number of benzene rings is 1. The number of anilines is 1. The van der Waals surface area contributed by atoms with Crippen molar-refractivity contribution in [2.24, 2.45) is 0 Å². The summed E-state index contributed by atoms with van der Waals surface area (Å²) in [6.45, 7) is 7.17. The van der Waals surface area contributed by atoms with Crippen molar-refractivity contribution in [3.05, 3.63) is 58.4 Å². The zero-order valence-electron chi connectivity index (χ0n) is 15.3. The number of rotatable bonds is 5. The van der Waals surface area contributed by atoms with Crippen LogP contribution in [0, 0.1) is 0 Å². The van der Waals surface area contributed by atoms with Gasteiger partial charge in [-0.05, 0) is 55.7 Å². The summed E-state index contributed by atoms with van der Waals surface area (Å²) in [5, 5.41) is 8.92. The van der Waals surface area contributed by atoms with Crippen LogP contribution in [0.15, 0.2) is 36.5 Å². The van der Waals surface area contributed by atoms with Gasteiger partial charge in [0.1, 0.15) is 5.82 Å². The van der Waals surface area contributed by atoms with E-state index in [0.29, 0.717) is 6.04 Å². The van der Waals surface area contributed by atoms with Crippen molar-refractivity contribution in [1.29, 1.82) is 0 Å². The van der Waals surface area contributed by atoms with Gasteiger partial charge < -0.3 is 15.2 Å². The number of pyridine rings is 1. The molecule has 3 aromatic rings. The summed E-state index contributed by atoms with van der Waals surface area (Å²) in [7, 11) is 0. The molecule has 0 unspecified atom stereocenters. The Hall–Kier alpha value is -2.04. The van der Waals surface area contributed by atoms with Crippen molar-refractivity contribution in [3.8, 4) is 0 Å². The molecule has 0 amide bonds. The monoisotopic (exact) mass is 368 g/mol. The molecule has 0 atom stereocenters. The van der Waals surface area contributed by atoms with Gasteiger partial charge in [-0.25, -0.2) is 4.98 Å². The number of halogens is 1. The summed E-state index contributed by atoms with van der Waals surface area (Å²) >= 11 is 6.25. The molecule has 4 nitrogen and oxygen atoms in total. The van der Waals surface area contributed by atoms with Gasteiger partial charge in [0.2, 0.25) is 0 Å². The lowest BCUT2D eigenvalue weighted by Crippen LogP contribution is -2.24. The topological polar surface area (TPSA) is 41.9 Å². The van der Waals surface area contributed by atoms with Crippen molar-refractivity contribution in [1.82, 2.24) is 14.9 Å². The Morgan fingerprint density at radius 3 is 2.92 bits per heavy atom. The van der Waals surface area contributed by atoms with Crippen LogP contribution >= 0.6 is 11.6 Å². The third kappa shape index (κ3) is 3.44.